The molecule has 0 aromatic carbocycles. The summed E-state index contributed by atoms with van der Waals surface area (Å²) in [7, 11) is 0. The maximum absolute atomic E-state index is 13.7. The van der Waals surface area contributed by atoms with Crippen LogP contribution in [0, 0.1) is 0 Å². The molecule has 0 saturated carbocycles. The van der Waals surface area contributed by atoms with E-state index in [-0.39, 0.29) is 19.5 Å². The van der Waals surface area contributed by atoms with E-state index in [2.05, 4.69) is 34.4 Å². The normalized spacial score (nSPS) is 12.5. The van der Waals surface area contributed by atoms with Gasteiger partial charge in [-0.25, -0.2) is 19.2 Å². The van der Waals surface area contributed by atoms with E-state index < -0.39 is 52.9 Å². The van der Waals surface area contributed by atoms with Crippen molar-refractivity contribution in [2.75, 3.05) is 39.3 Å². The molecule has 1 atom stereocenters. The molecule has 0 spiro atoms. The lowest BCUT2D eigenvalue weighted by molar-refractivity contribution is 0.0105. The largest absolute Gasteiger partial charge is 0.444 e. The monoisotopic (exact) mass is 978 g/mol. The van der Waals surface area contributed by atoms with Crippen LogP contribution >= 0.6 is 0 Å². The fourth-order valence-corrected chi connectivity index (χ4v) is 7.50. The van der Waals surface area contributed by atoms with Gasteiger partial charge < -0.3 is 34.1 Å². The molecule has 0 aromatic rings. The number of hydrogen-bond donors (Lipinski definition) is 1. The van der Waals surface area contributed by atoms with E-state index in [1.54, 1.807) is 72.1 Å². The number of nitrogens with one attached hydrogen (secondary N) is 1. The molecule has 0 saturated heterocycles. The van der Waals surface area contributed by atoms with Crippen molar-refractivity contribution in [3.63, 3.8) is 0 Å². The van der Waals surface area contributed by atoms with Crippen molar-refractivity contribution < 1.29 is 38.1 Å². The molecule has 0 rings (SSSR count). The highest BCUT2D eigenvalue weighted by atomic mass is 16.6. The van der Waals surface area contributed by atoms with Crippen molar-refractivity contribution in [1.29, 1.82) is 0 Å². The topological polar surface area (TPSA) is 176 Å². The Kier molecular flexibility index (Phi) is 34.9. The SMILES string of the molecule is CCCCCCCCCCCC=CCCCCCCCCCCCN(CCC(N=[N+]=[N-])N(CCCCN(CCCNC(=O)OC(C)(C)C)C(=O)OC(C)(C)C)C(=O)OC(C)(C)C)C(=O)OC(C)(C)C. The predicted molar refractivity (Wildman–Crippen MR) is 281 cm³/mol. The van der Waals surface area contributed by atoms with Gasteiger partial charge in [0.05, 0.1) is 0 Å². The van der Waals surface area contributed by atoms with Crippen LogP contribution < -0.4 is 5.32 Å². The summed E-state index contributed by atoms with van der Waals surface area (Å²) >= 11 is 0. The highest BCUT2D eigenvalue weighted by Crippen LogP contribution is 2.20. The van der Waals surface area contributed by atoms with Crippen molar-refractivity contribution in [1.82, 2.24) is 20.0 Å². The molecule has 402 valence electrons. The fourth-order valence-electron chi connectivity index (χ4n) is 7.50. The van der Waals surface area contributed by atoms with Gasteiger partial charge in [-0.3, -0.25) is 4.90 Å². The van der Waals surface area contributed by atoms with Gasteiger partial charge in [0.2, 0.25) is 0 Å². The third-order valence-corrected chi connectivity index (χ3v) is 10.9. The summed E-state index contributed by atoms with van der Waals surface area (Å²) in [5, 5.41) is 6.76. The summed E-state index contributed by atoms with van der Waals surface area (Å²) < 4.78 is 22.6. The zero-order chi connectivity index (χ0) is 52.2. The average molecular weight is 978 g/mol. The lowest BCUT2D eigenvalue weighted by Crippen LogP contribution is -2.45. The molecular weight excluding hydrogens is 875 g/mol. The number of ether oxygens (including phenoxy) is 4. The molecule has 0 radical (unpaired) electrons. The molecule has 0 aliphatic rings. The van der Waals surface area contributed by atoms with E-state index in [0.29, 0.717) is 45.4 Å². The molecule has 15 heteroatoms. The van der Waals surface area contributed by atoms with Crippen LogP contribution in [-0.4, -0.2) is 107 Å². The Bertz CT molecular complexity index is 1460. The van der Waals surface area contributed by atoms with Crippen LogP contribution in [0.1, 0.15) is 244 Å². The molecule has 0 bridgehead atoms. The lowest BCUT2D eigenvalue weighted by Gasteiger charge is -2.33. The maximum atomic E-state index is 13.7. The third-order valence-electron chi connectivity index (χ3n) is 10.9. The quantitative estimate of drug-likeness (QED) is 0.0161. The molecule has 0 aromatic heterocycles. The van der Waals surface area contributed by atoms with Crippen LogP contribution in [0.15, 0.2) is 17.3 Å². The summed E-state index contributed by atoms with van der Waals surface area (Å²) in [6.45, 7) is 25.6. The van der Waals surface area contributed by atoms with Gasteiger partial charge in [0.15, 0.2) is 0 Å². The Morgan fingerprint density at radius 3 is 1.29 bits per heavy atom. The molecule has 0 heterocycles. The fraction of sp³-hybridized carbons (Fsp3) is 0.889. The van der Waals surface area contributed by atoms with Crippen LogP contribution in [0.4, 0.5) is 19.2 Å². The second kappa shape index (κ2) is 37.0. The summed E-state index contributed by atoms with van der Waals surface area (Å²) in [5.41, 5.74) is 6.83. The van der Waals surface area contributed by atoms with Gasteiger partial charge in [-0.15, -0.1) is 0 Å². The highest BCUT2D eigenvalue weighted by Gasteiger charge is 2.30. The summed E-state index contributed by atoms with van der Waals surface area (Å²) in [5.74, 6) is 0. The Morgan fingerprint density at radius 1 is 0.493 bits per heavy atom. The first kappa shape index (κ1) is 65.1. The number of amides is 4. The van der Waals surface area contributed by atoms with Crippen LogP contribution in [0.25, 0.3) is 10.4 Å². The number of rotatable bonds is 36. The Labute approximate surface area is 420 Å². The van der Waals surface area contributed by atoms with Gasteiger partial charge in [-0.05, 0) is 146 Å². The van der Waals surface area contributed by atoms with Gasteiger partial charge in [0.1, 0.15) is 28.6 Å². The molecule has 4 amide bonds. The minimum atomic E-state index is -0.948. The number of alkyl carbamates (subject to hydrolysis) is 1. The zero-order valence-corrected chi connectivity index (χ0v) is 46.4. The number of carbonyl (C=O) groups excluding carboxylic acids is 4. The molecular formula is C54H103N7O8. The first-order chi connectivity index (χ1) is 32.4. The van der Waals surface area contributed by atoms with E-state index in [0.717, 1.165) is 25.7 Å². The minimum absolute atomic E-state index is 0.171. The highest BCUT2D eigenvalue weighted by molar-refractivity contribution is 5.70. The van der Waals surface area contributed by atoms with Crippen molar-refractivity contribution in [3.8, 4) is 0 Å². The second-order valence-corrected chi connectivity index (χ2v) is 22.6. The summed E-state index contributed by atoms with van der Waals surface area (Å²) in [6.07, 6.45) is 28.4. The first-order valence-electron chi connectivity index (χ1n) is 27.0. The van der Waals surface area contributed by atoms with E-state index in [1.165, 1.54) is 108 Å². The van der Waals surface area contributed by atoms with Crippen molar-refractivity contribution in [2.45, 2.75) is 273 Å². The van der Waals surface area contributed by atoms with Crippen LogP contribution in [0.2, 0.25) is 0 Å². The first-order valence-corrected chi connectivity index (χ1v) is 27.0. The second-order valence-electron chi connectivity index (χ2n) is 22.6. The van der Waals surface area contributed by atoms with Gasteiger partial charge >= 0.3 is 24.4 Å². The van der Waals surface area contributed by atoms with Gasteiger partial charge in [-0.2, -0.15) is 0 Å². The molecule has 1 N–H and O–H groups in total. The molecule has 15 nitrogen and oxygen atoms in total. The van der Waals surface area contributed by atoms with E-state index in [4.69, 9.17) is 18.9 Å². The van der Waals surface area contributed by atoms with Crippen molar-refractivity contribution in [3.05, 3.63) is 22.6 Å². The predicted octanol–water partition coefficient (Wildman–Crippen LogP) is 15.8. The van der Waals surface area contributed by atoms with E-state index in [1.807, 2.05) is 20.8 Å². The number of azide groups is 1. The van der Waals surface area contributed by atoms with E-state index in [9.17, 15) is 24.7 Å². The lowest BCUT2D eigenvalue weighted by atomic mass is 10.1. The number of unbranched alkanes of at least 4 members (excludes halogenated alkanes) is 19. The Balaban J connectivity index is 5.26. The number of carbonyl (C=O) groups is 4. The maximum Gasteiger partial charge on any atom is 0.410 e. The van der Waals surface area contributed by atoms with Gasteiger partial charge in [0.25, 0.3) is 0 Å². The zero-order valence-electron chi connectivity index (χ0n) is 46.4. The number of nitrogens with zero attached hydrogens (tertiary/aromatic N) is 6. The molecule has 0 aliphatic heterocycles. The van der Waals surface area contributed by atoms with Crippen LogP contribution in [0.5, 0.6) is 0 Å². The standard InChI is InChI=1S/C54H103N7O8/c1-14-15-16-17-18-19-20-21-22-23-24-25-26-27-28-29-30-31-32-33-34-35-41-60(49(64)68-53(8,9)10)45-39-46(57-58-55)61(50(65)69-54(11,12)13)44-37-36-42-59(48(63)67-52(5,6)7)43-38-40-56-47(62)66-51(2,3)4/h24-25,46H,14-23,26-45H2,1-13H3,(H,56,62). The van der Waals surface area contributed by atoms with Gasteiger partial charge in [-0.1, -0.05) is 121 Å². The van der Waals surface area contributed by atoms with Gasteiger partial charge in [0, 0.05) is 44.2 Å². The molecule has 69 heavy (non-hydrogen) atoms. The number of allylic oxidation sites excluding steroid dienone is 2. The Morgan fingerprint density at radius 2 is 0.855 bits per heavy atom. The number of hydrogen-bond acceptors (Lipinski definition) is 9. The molecule has 0 fully saturated rings. The van der Waals surface area contributed by atoms with E-state index >= 15 is 0 Å². The summed E-state index contributed by atoms with van der Waals surface area (Å²) in [4.78, 5) is 60.3. The molecule has 0 aliphatic carbocycles. The smallest absolute Gasteiger partial charge is 0.410 e. The molecule has 1 unspecified atom stereocenters. The van der Waals surface area contributed by atoms with Crippen LogP contribution in [-0.2, 0) is 18.9 Å². The van der Waals surface area contributed by atoms with Crippen molar-refractivity contribution >= 4 is 24.4 Å². The average Bonchev–Trinajstić information content (AvgIpc) is 3.21. The van der Waals surface area contributed by atoms with Crippen LogP contribution in [0.3, 0.4) is 0 Å². The third kappa shape index (κ3) is 40.6. The summed E-state index contributed by atoms with van der Waals surface area (Å²) in [6, 6.07) is 0. The minimum Gasteiger partial charge on any atom is -0.444 e. The van der Waals surface area contributed by atoms with Crippen molar-refractivity contribution in [2.24, 2.45) is 5.11 Å². The Hall–Kier alpha value is -3.87.